The lowest BCUT2D eigenvalue weighted by Crippen LogP contribution is -2.17. The number of alkyl halides is 3. The average Bonchev–Trinajstić information content (AvgIpc) is 2.63. The monoisotopic (exact) mass is 270 g/mol. The van der Waals surface area contributed by atoms with Gasteiger partial charge in [-0.15, -0.1) is 0 Å². The van der Waals surface area contributed by atoms with Crippen LogP contribution in [0.4, 0.5) is 13.2 Å². The van der Waals surface area contributed by atoms with Crippen molar-refractivity contribution < 1.29 is 37.1 Å². The van der Waals surface area contributed by atoms with E-state index >= 15 is 0 Å². The highest BCUT2D eigenvalue weighted by atomic mass is 19.4. The number of ether oxygens (including phenoxy) is 2. The van der Waals surface area contributed by atoms with Gasteiger partial charge in [-0.25, -0.2) is 4.79 Å². The van der Waals surface area contributed by atoms with Gasteiger partial charge in [0.2, 0.25) is 0 Å². The third-order valence-corrected chi connectivity index (χ3v) is 1.46. The Balaban J connectivity index is 2.28. The van der Waals surface area contributed by atoms with Crippen LogP contribution < -0.4 is 0 Å². The molecule has 1 N–H and O–H groups in total. The van der Waals surface area contributed by atoms with Crippen LogP contribution in [0.2, 0.25) is 0 Å². The lowest BCUT2D eigenvalue weighted by atomic mass is 10.6. The first kappa shape index (κ1) is 14.4. The molecule has 1 aromatic rings. The van der Waals surface area contributed by atoms with Crippen molar-refractivity contribution in [3.8, 4) is 0 Å². The molecule has 10 heteroatoms. The fourth-order valence-electron chi connectivity index (χ4n) is 0.891. The van der Waals surface area contributed by atoms with E-state index in [1.807, 2.05) is 0 Å². The molecule has 0 saturated carbocycles. The number of carboxylic acid groups (broad SMARTS) is 1. The van der Waals surface area contributed by atoms with Crippen LogP contribution in [0.1, 0.15) is 11.7 Å². The highest BCUT2D eigenvalue weighted by molar-refractivity contribution is 5.67. The van der Waals surface area contributed by atoms with Crippen LogP contribution in [-0.2, 0) is 27.5 Å². The zero-order valence-corrected chi connectivity index (χ0v) is 8.94. The van der Waals surface area contributed by atoms with Crippen LogP contribution in [-0.4, -0.2) is 40.6 Å². The smallest absolute Gasteiger partial charge is 0.411 e. The quantitative estimate of drug-likeness (QED) is 0.781. The topological polar surface area (TPSA) is 94.7 Å². The molecule has 0 saturated heterocycles. The molecule has 0 amide bonds. The Morgan fingerprint density at radius 1 is 1.33 bits per heavy atom. The molecule has 0 aliphatic rings. The Labute approximate surface area is 98.5 Å². The first-order valence-electron chi connectivity index (χ1n) is 4.62. The first-order chi connectivity index (χ1) is 8.37. The molecule has 0 spiro atoms. The largest absolute Gasteiger partial charge is 0.480 e. The summed E-state index contributed by atoms with van der Waals surface area (Å²) in [7, 11) is 0. The fraction of sp³-hybridized carbons (Fsp3) is 0.625. The van der Waals surface area contributed by atoms with Crippen LogP contribution in [0.3, 0.4) is 0 Å². The molecule has 1 rings (SSSR count). The zero-order valence-electron chi connectivity index (χ0n) is 8.94. The molecule has 102 valence electrons. The lowest BCUT2D eigenvalue weighted by molar-refractivity contribution is -0.177. The van der Waals surface area contributed by atoms with E-state index in [1.54, 1.807) is 0 Å². The Hall–Kier alpha value is -1.68. The van der Waals surface area contributed by atoms with E-state index in [9.17, 15) is 18.0 Å². The van der Waals surface area contributed by atoms with Crippen molar-refractivity contribution in [3.63, 3.8) is 0 Å². The van der Waals surface area contributed by atoms with Crippen LogP contribution in [0.5, 0.6) is 0 Å². The number of halogens is 3. The lowest BCUT2D eigenvalue weighted by Gasteiger charge is -2.04. The molecule has 7 nitrogen and oxygen atoms in total. The molecule has 0 unspecified atom stereocenters. The summed E-state index contributed by atoms with van der Waals surface area (Å²) < 4.78 is 48.7. The Morgan fingerprint density at radius 3 is 2.67 bits per heavy atom. The maximum absolute atomic E-state index is 11.7. The van der Waals surface area contributed by atoms with Crippen LogP contribution in [0, 0.1) is 0 Å². The van der Waals surface area contributed by atoms with Gasteiger partial charge in [0.1, 0.15) is 26.4 Å². The van der Waals surface area contributed by atoms with Gasteiger partial charge in [-0.2, -0.15) is 18.2 Å². The molecule has 1 heterocycles. The second kappa shape index (κ2) is 6.31. The Bertz CT molecular complexity index is 392. The molecule has 0 bridgehead atoms. The molecule has 0 aliphatic carbocycles. The number of hydrogen-bond donors (Lipinski definition) is 1. The number of hydrogen-bond acceptors (Lipinski definition) is 6. The van der Waals surface area contributed by atoms with Gasteiger partial charge in [0.15, 0.2) is 5.82 Å². The third kappa shape index (κ3) is 6.15. The second-order valence-corrected chi connectivity index (χ2v) is 3.10. The van der Waals surface area contributed by atoms with E-state index in [-0.39, 0.29) is 18.3 Å². The maximum Gasteiger partial charge on any atom is 0.411 e. The zero-order chi connectivity index (χ0) is 13.6. The van der Waals surface area contributed by atoms with E-state index in [4.69, 9.17) is 5.11 Å². The summed E-state index contributed by atoms with van der Waals surface area (Å²) in [5.74, 6) is -1.28. The molecule has 18 heavy (non-hydrogen) atoms. The number of rotatable bonds is 7. The van der Waals surface area contributed by atoms with Crippen molar-refractivity contribution in [2.45, 2.75) is 19.4 Å². The van der Waals surface area contributed by atoms with Crippen molar-refractivity contribution in [2.24, 2.45) is 0 Å². The van der Waals surface area contributed by atoms with Crippen molar-refractivity contribution in [1.29, 1.82) is 0 Å². The van der Waals surface area contributed by atoms with E-state index in [1.165, 1.54) is 0 Å². The number of carbonyl (C=O) groups is 1. The van der Waals surface area contributed by atoms with Gasteiger partial charge in [0.25, 0.3) is 5.89 Å². The van der Waals surface area contributed by atoms with Crippen molar-refractivity contribution in [2.75, 3.05) is 13.2 Å². The molecule has 0 aromatic carbocycles. The van der Waals surface area contributed by atoms with E-state index in [0.29, 0.717) is 0 Å². The minimum Gasteiger partial charge on any atom is -0.480 e. The predicted octanol–water partition coefficient (Wildman–Crippen LogP) is 0.750. The second-order valence-electron chi connectivity index (χ2n) is 3.10. The third-order valence-electron chi connectivity index (χ3n) is 1.46. The maximum atomic E-state index is 11.7. The highest BCUT2D eigenvalue weighted by Crippen LogP contribution is 2.15. The van der Waals surface area contributed by atoms with Gasteiger partial charge in [-0.3, -0.25) is 0 Å². The number of aliphatic carboxylic acids is 1. The Kier molecular flexibility index (Phi) is 5.04. The molecule has 0 aliphatic heterocycles. The molecular formula is C8H9F3N2O5. The van der Waals surface area contributed by atoms with Gasteiger partial charge in [0.05, 0.1) is 0 Å². The molecule has 0 radical (unpaired) electrons. The summed E-state index contributed by atoms with van der Waals surface area (Å²) in [6.45, 7) is -2.64. The van der Waals surface area contributed by atoms with E-state index in [0.717, 1.165) is 0 Å². The van der Waals surface area contributed by atoms with Crippen LogP contribution in [0.15, 0.2) is 4.52 Å². The van der Waals surface area contributed by atoms with E-state index in [2.05, 4.69) is 24.1 Å². The molecule has 1 aromatic heterocycles. The number of carboxylic acids is 1. The molecule has 0 atom stereocenters. The average molecular weight is 270 g/mol. The first-order valence-corrected chi connectivity index (χ1v) is 4.62. The van der Waals surface area contributed by atoms with Gasteiger partial charge in [-0.05, 0) is 0 Å². The number of nitrogens with zero attached hydrogens (tertiary/aromatic N) is 2. The fourth-order valence-corrected chi connectivity index (χ4v) is 0.891. The van der Waals surface area contributed by atoms with Gasteiger partial charge < -0.3 is 19.1 Å². The van der Waals surface area contributed by atoms with Gasteiger partial charge >= 0.3 is 12.1 Å². The minimum atomic E-state index is -4.42. The molecule has 0 fully saturated rings. The summed E-state index contributed by atoms with van der Waals surface area (Å²) in [6.07, 6.45) is -4.42. The van der Waals surface area contributed by atoms with Crippen molar-refractivity contribution >= 4 is 5.97 Å². The Morgan fingerprint density at radius 2 is 2.06 bits per heavy atom. The summed E-state index contributed by atoms with van der Waals surface area (Å²) in [5.41, 5.74) is 0. The van der Waals surface area contributed by atoms with Gasteiger partial charge in [0, 0.05) is 0 Å². The van der Waals surface area contributed by atoms with Crippen LogP contribution in [0.25, 0.3) is 0 Å². The summed E-state index contributed by atoms with van der Waals surface area (Å²) in [5, 5.41) is 11.6. The van der Waals surface area contributed by atoms with Crippen LogP contribution >= 0.6 is 0 Å². The summed E-state index contributed by atoms with van der Waals surface area (Å²) >= 11 is 0. The summed E-state index contributed by atoms with van der Waals surface area (Å²) in [6, 6.07) is 0. The minimum absolute atomic E-state index is 0.0399. The summed E-state index contributed by atoms with van der Waals surface area (Å²) in [4.78, 5) is 13.8. The SMILES string of the molecule is O=C(O)COCc1nc(COCC(F)(F)F)no1. The standard InChI is InChI=1S/C8H9F3N2O5/c9-8(10,11)4-17-1-5-12-6(18-13-5)2-16-3-7(14)15/h1-4H2,(H,14,15). The highest BCUT2D eigenvalue weighted by Gasteiger charge is 2.27. The van der Waals surface area contributed by atoms with Gasteiger partial charge in [-0.1, -0.05) is 5.16 Å². The molecular weight excluding hydrogens is 261 g/mol. The van der Waals surface area contributed by atoms with Crippen molar-refractivity contribution in [3.05, 3.63) is 11.7 Å². The number of aromatic nitrogens is 2. The normalized spacial score (nSPS) is 11.7. The predicted molar refractivity (Wildman–Crippen MR) is 47.3 cm³/mol. The van der Waals surface area contributed by atoms with E-state index < -0.39 is 32.0 Å². The van der Waals surface area contributed by atoms with Crippen molar-refractivity contribution in [1.82, 2.24) is 10.1 Å².